The Hall–Kier alpha value is -1.02. The second-order valence-electron chi connectivity index (χ2n) is 4.56. The minimum atomic E-state index is 0.676. The first-order chi connectivity index (χ1) is 7.90. The zero-order valence-corrected chi connectivity index (χ0v) is 10.2. The second kappa shape index (κ2) is 5.90. The molecule has 1 N–H and O–H groups in total. The van der Waals surface area contributed by atoms with Crippen LogP contribution in [0, 0.1) is 0 Å². The largest absolute Gasteiger partial charge is 0.350 e. The molecule has 0 spiro atoms. The summed E-state index contributed by atoms with van der Waals surface area (Å²) in [6.07, 6.45) is 11.7. The summed E-state index contributed by atoms with van der Waals surface area (Å²) in [6, 6.07) is 5.05. The topological polar surface area (TPSA) is 17.0 Å². The Labute approximate surface area is 98.4 Å². The third-order valence-corrected chi connectivity index (χ3v) is 3.23. The highest BCUT2D eigenvalue weighted by Crippen LogP contribution is 2.12. The minimum absolute atomic E-state index is 0.676. The lowest BCUT2D eigenvalue weighted by atomic mass is 10.0. The van der Waals surface area contributed by atoms with E-state index >= 15 is 0 Å². The molecule has 2 heteroatoms. The summed E-state index contributed by atoms with van der Waals surface area (Å²) in [5.74, 6) is 0. The first-order valence-electron chi connectivity index (χ1n) is 6.42. The predicted octanol–water partition coefficient (Wildman–Crippen LogP) is 3.10. The smallest absolute Gasteiger partial charge is 0.0361 e. The summed E-state index contributed by atoms with van der Waals surface area (Å²) in [5.41, 5.74) is 1.41. The summed E-state index contributed by atoms with van der Waals surface area (Å²) in [5, 5.41) is 3.65. The average Bonchev–Trinajstić information content (AvgIpc) is 2.76. The van der Waals surface area contributed by atoms with Crippen molar-refractivity contribution in [2.75, 3.05) is 0 Å². The maximum Gasteiger partial charge on any atom is 0.0361 e. The fourth-order valence-electron chi connectivity index (χ4n) is 2.30. The van der Waals surface area contributed by atoms with Crippen molar-refractivity contribution in [3.05, 3.63) is 36.2 Å². The first-order valence-corrected chi connectivity index (χ1v) is 6.42. The van der Waals surface area contributed by atoms with Crippen molar-refractivity contribution in [3.63, 3.8) is 0 Å². The SMILES string of the molecule is CCCn1cccc1CNC1CC=CCC1. The molecule has 16 heavy (non-hydrogen) atoms. The third kappa shape index (κ3) is 2.99. The van der Waals surface area contributed by atoms with Gasteiger partial charge in [-0.3, -0.25) is 0 Å². The second-order valence-corrected chi connectivity index (χ2v) is 4.56. The van der Waals surface area contributed by atoms with Crippen molar-refractivity contribution < 1.29 is 0 Å². The number of nitrogens with one attached hydrogen (secondary N) is 1. The standard InChI is InChI=1S/C14H22N2/c1-2-10-16-11-6-9-14(16)12-15-13-7-4-3-5-8-13/h3-4,6,9,11,13,15H,2,5,7-8,10,12H2,1H3. The average molecular weight is 218 g/mol. The number of nitrogens with zero attached hydrogens (tertiary/aromatic N) is 1. The highest BCUT2D eigenvalue weighted by atomic mass is 15.0. The molecule has 88 valence electrons. The van der Waals surface area contributed by atoms with Gasteiger partial charge in [-0.25, -0.2) is 0 Å². The Bertz CT molecular complexity index is 338. The molecular formula is C14H22N2. The Morgan fingerprint density at radius 2 is 2.38 bits per heavy atom. The molecule has 0 radical (unpaired) electrons. The van der Waals surface area contributed by atoms with Gasteiger partial charge in [0.25, 0.3) is 0 Å². The third-order valence-electron chi connectivity index (χ3n) is 3.23. The molecule has 0 saturated heterocycles. The molecule has 0 saturated carbocycles. The molecule has 1 aromatic rings. The number of rotatable bonds is 5. The summed E-state index contributed by atoms with van der Waals surface area (Å²) >= 11 is 0. The van der Waals surface area contributed by atoms with E-state index in [0.717, 1.165) is 13.1 Å². The lowest BCUT2D eigenvalue weighted by molar-refractivity contribution is 0.463. The fraction of sp³-hybridized carbons (Fsp3) is 0.571. The van der Waals surface area contributed by atoms with Crippen LogP contribution in [0.15, 0.2) is 30.5 Å². The molecule has 1 aromatic heterocycles. The Morgan fingerprint density at radius 3 is 3.12 bits per heavy atom. The Morgan fingerprint density at radius 1 is 1.44 bits per heavy atom. The molecule has 1 aliphatic carbocycles. The summed E-state index contributed by atoms with van der Waals surface area (Å²) in [7, 11) is 0. The highest BCUT2D eigenvalue weighted by Gasteiger charge is 2.09. The van der Waals surface area contributed by atoms with Gasteiger partial charge in [-0.1, -0.05) is 19.1 Å². The van der Waals surface area contributed by atoms with Crippen LogP contribution in [0.4, 0.5) is 0 Å². The van der Waals surface area contributed by atoms with E-state index in [1.807, 2.05) is 0 Å². The molecule has 1 unspecified atom stereocenters. The molecule has 1 atom stereocenters. The van der Waals surface area contributed by atoms with E-state index in [1.165, 1.54) is 31.4 Å². The minimum Gasteiger partial charge on any atom is -0.350 e. The predicted molar refractivity (Wildman–Crippen MR) is 68.3 cm³/mol. The molecule has 1 aliphatic rings. The van der Waals surface area contributed by atoms with Crippen molar-refractivity contribution >= 4 is 0 Å². The zero-order chi connectivity index (χ0) is 11.2. The van der Waals surface area contributed by atoms with E-state index in [1.54, 1.807) is 0 Å². The number of allylic oxidation sites excluding steroid dienone is 1. The van der Waals surface area contributed by atoms with Gasteiger partial charge in [0, 0.05) is 31.0 Å². The van der Waals surface area contributed by atoms with E-state index in [9.17, 15) is 0 Å². The van der Waals surface area contributed by atoms with Gasteiger partial charge in [-0.15, -0.1) is 0 Å². The molecular weight excluding hydrogens is 196 g/mol. The normalized spacial score (nSPS) is 20.2. The van der Waals surface area contributed by atoms with Crippen molar-refractivity contribution in [2.24, 2.45) is 0 Å². The molecule has 0 aliphatic heterocycles. The quantitative estimate of drug-likeness (QED) is 0.751. The van der Waals surface area contributed by atoms with Gasteiger partial charge in [0.05, 0.1) is 0 Å². The highest BCUT2D eigenvalue weighted by molar-refractivity contribution is 5.07. The van der Waals surface area contributed by atoms with Gasteiger partial charge in [0.15, 0.2) is 0 Å². The Balaban J connectivity index is 1.84. The van der Waals surface area contributed by atoms with Crippen molar-refractivity contribution in [1.29, 1.82) is 0 Å². The van der Waals surface area contributed by atoms with Crippen LogP contribution in [0.5, 0.6) is 0 Å². The van der Waals surface area contributed by atoms with Crippen molar-refractivity contribution in [3.8, 4) is 0 Å². The summed E-state index contributed by atoms with van der Waals surface area (Å²) in [6.45, 7) is 4.36. The lowest BCUT2D eigenvalue weighted by Gasteiger charge is -2.20. The van der Waals surface area contributed by atoms with Gasteiger partial charge < -0.3 is 9.88 Å². The van der Waals surface area contributed by atoms with Crippen molar-refractivity contribution in [2.45, 2.75) is 51.7 Å². The number of hydrogen-bond donors (Lipinski definition) is 1. The molecule has 1 heterocycles. The maximum absolute atomic E-state index is 3.65. The van der Waals surface area contributed by atoms with E-state index in [2.05, 4.69) is 47.3 Å². The molecule has 0 fully saturated rings. The maximum atomic E-state index is 3.65. The van der Waals surface area contributed by atoms with Gasteiger partial charge in [0.2, 0.25) is 0 Å². The lowest BCUT2D eigenvalue weighted by Crippen LogP contribution is -2.29. The van der Waals surface area contributed by atoms with Crippen molar-refractivity contribution in [1.82, 2.24) is 9.88 Å². The van der Waals surface area contributed by atoms with E-state index in [0.29, 0.717) is 6.04 Å². The molecule has 0 amide bonds. The molecule has 2 nitrogen and oxygen atoms in total. The zero-order valence-electron chi connectivity index (χ0n) is 10.2. The van der Waals surface area contributed by atoms with Crippen LogP contribution in [0.2, 0.25) is 0 Å². The van der Waals surface area contributed by atoms with E-state index in [-0.39, 0.29) is 0 Å². The van der Waals surface area contributed by atoms with Crippen LogP contribution in [0.3, 0.4) is 0 Å². The Kier molecular flexibility index (Phi) is 4.23. The van der Waals surface area contributed by atoms with Crippen LogP contribution in [0.25, 0.3) is 0 Å². The number of aryl methyl sites for hydroxylation is 1. The molecule has 0 aromatic carbocycles. The first kappa shape index (κ1) is 11.5. The number of aromatic nitrogens is 1. The van der Waals surface area contributed by atoms with Crippen LogP contribution < -0.4 is 5.32 Å². The number of hydrogen-bond acceptors (Lipinski definition) is 1. The van der Waals surface area contributed by atoms with Crippen LogP contribution in [-0.4, -0.2) is 10.6 Å². The molecule has 2 rings (SSSR count). The van der Waals surface area contributed by atoms with Gasteiger partial charge in [0.1, 0.15) is 0 Å². The van der Waals surface area contributed by atoms with E-state index < -0.39 is 0 Å². The van der Waals surface area contributed by atoms with Gasteiger partial charge >= 0.3 is 0 Å². The van der Waals surface area contributed by atoms with Crippen LogP contribution in [-0.2, 0) is 13.1 Å². The van der Waals surface area contributed by atoms with Crippen LogP contribution >= 0.6 is 0 Å². The summed E-state index contributed by atoms with van der Waals surface area (Å²) < 4.78 is 2.35. The van der Waals surface area contributed by atoms with Crippen LogP contribution in [0.1, 0.15) is 38.3 Å². The fourth-order valence-corrected chi connectivity index (χ4v) is 2.30. The summed E-state index contributed by atoms with van der Waals surface area (Å²) in [4.78, 5) is 0. The monoisotopic (exact) mass is 218 g/mol. The van der Waals surface area contributed by atoms with Gasteiger partial charge in [-0.05, 0) is 37.8 Å². The van der Waals surface area contributed by atoms with E-state index in [4.69, 9.17) is 0 Å². The van der Waals surface area contributed by atoms with Gasteiger partial charge in [-0.2, -0.15) is 0 Å². The molecule has 0 bridgehead atoms.